The van der Waals surface area contributed by atoms with Gasteiger partial charge in [0.1, 0.15) is 5.75 Å². The van der Waals surface area contributed by atoms with Crippen molar-refractivity contribution < 1.29 is 21.9 Å². The number of hydrogen-bond acceptors (Lipinski definition) is 4. The predicted molar refractivity (Wildman–Crippen MR) is 70.7 cm³/mol. The van der Waals surface area contributed by atoms with Crippen LogP contribution in [0.2, 0.25) is 5.02 Å². The van der Waals surface area contributed by atoms with E-state index in [0.29, 0.717) is 5.69 Å². The van der Waals surface area contributed by atoms with E-state index in [4.69, 9.17) is 11.6 Å². The summed E-state index contributed by atoms with van der Waals surface area (Å²) in [4.78, 5) is -0.159. The standard InChI is InChI=1S/C11H10ClF2N3O3S/c12-9-5-8(1-2-10(9)20-11(13)14)21(18,19)16-6-7-3-4-15-17-7/h1-5,11,16H,6H2,(H,15,17). The minimum atomic E-state index is -3.83. The van der Waals surface area contributed by atoms with Gasteiger partial charge in [-0.1, -0.05) is 11.6 Å². The van der Waals surface area contributed by atoms with Gasteiger partial charge in [0.25, 0.3) is 0 Å². The van der Waals surface area contributed by atoms with Crippen LogP contribution in [-0.4, -0.2) is 25.2 Å². The van der Waals surface area contributed by atoms with Gasteiger partial charge in [0.05, 0.1) is 22.2 Å². The Morgan fingerprint density at radius 1 is 1.38 bits per heavy atom. The van der Waals surface area contributed by atoms with E-state index in [9.17, 15) is 17.2 Å². The fraction of sp³-hybridized carbons (Fsp3) is 0.182. The molecular formula is C11H10ClF2N3O3S. The van der Waals surface area contributed by atoms with Crippen LogP contribution in [0, 0.1) is 0 Å². The lowest BCUT2D eigenvalue weighted by atomic mass is 10.3. The van der Waals surface area contributed by atoms with E-state index >= 15 is 0 Å². The molecule has 0 atom stereocenters. The predicted octanol–water partition coefficient (Wildman–Crippen LogP) is 2.14. The van der Waals surface area contributed by atoms with Gasteiger partial charge < -0.3 is 4.74 Å². The molecule has 1 aromatic heterocycles. The first kappa shape index (κ1) is 15.7. The van der Waals surface area contributed by atoms with Gasteiger partial charge >= 0.3 is 6.61 Å². The number of nitrogens with zero attached hydrogens (tertiary/aromatic N) is 1. The first-order chi connectivity index (χ1) is 9.88. The number of ether oxygens (including phenoxy) is 1. The van der Waals surface area contributed by atoms with Gasteiger partial charge in [0.2, 0.25) is 10.0 Å². The van der Waals surface area contributed by atoms with Crippen LogP contribution in [-0.2, 0) is 16.6 Å². The normalized spacial score (nSPS) is 11.8. The van der Waals surface area contributed by atoms with Crippen LogP contribution in [0.5, 0.6) is 5.75 Å². The Morgan fingerprint density at radius 2 is 2.14 bits per heavy atom. The van der Waals surface area contributed by atoms with Crippen molar-refractivity contribution in [3.8, 4) is 5.75 Å². The Hall–Kier alpha value is -1.71. The third-order valence-corrected chi connectivity index (χ3v) is 4.14. The highest BCUT2D eigenvalue weighted by Gasteiger charge is 2.17. The molecule has 0 saturated heterocycles. The number of nitrogens with one attached hydrogen (secondary N) is 2. The van der Waals surface area contributed by atoms with E-state index < -0.39 is 16.6 Å². The van der Waals surface area contributed by atoms with E-state index in [-0.39, 0.29) is 22.2 Å². The zero-order chi connectivity index (χ0) is 15.5. The largest absolute Gasteiger partial charge is 0.433 e. The minimum absolute atomic E-state index is 0.00916. The lowest BCUT2D eigenvalue weighted by Gasteiger charge is -2.09. The van der Waals surface area contributed by atoms with Crippen molar-refractivity contribution in [1.82, 2.24) is 14.9 Å². The molecule has 2 rings (SSSR count). The fourth-order valence-corrected chi connectivity index (χ4v) is 2.80. The molecule has 6 nitrogen and oxygen atoms in total. The van der Waals surface area contributed by atoms with Crippen LogP contribution < -0.4 is 9.46 Å². The third-order valence-electron chi connectivity index (χ3n) is 2.44. The molecule has 0 spiro atoms. The van der Waals surface area contributed by atoms with Gasteiger partial charge in [-0.25, -0.2) is 13.1 Å². The maximum Gasteiger partial charge on any atom is 0.387 e. The first-order valence-electron chi connectivity index (χ1n) is 5.61. The number of H-pyrrole nitrogens is 1. The van der Waals surface area contributed by atoms with Gasteiger partial charge in [-0.2, -0.15) is 13.9 Å². The van der Waals surface area contributed by atoms with E-state index in [2.05, 4.69) is 19.7 Å². The molecule has 0 aliphatic carbocycles. The molecule has 21 heavy (non-hydrogen) atoms. The molecule has 1 heterocycles. The molecule has 0 fully saturated rings. The van der Waals surface area contributed by atoms with Crippen LogP contribution in [0.3, 0.4) is 0 Å². The minimum Gasteiger partial charge on any atom is -0.433 e. The van der Waals surface area contributed by atoms with Crippen LogP contribution >= 0.6 is 11.6 Å². The van der Waals surface area contributed by atoms with Crippen LogP contribution in [0.1, 0.15) is 5.69 Å². The van der Waals surface area contributed by atoms with Crippen molar-refractivity contribution in [2.45, 2.75) is 18.1 Å². The summed E-state index contributed by atoms with van der Waals surface area (Å²) in [5, 5.41) is 6.05. The highest BCUT2D eigenvalue weighted by Crippen LogP contribution is 2.28. The highest BCUT2D eigenvalue weighted by atomic mass is 35.5. The monoisotopic (exact) mass is 337 g/mol. The Morgan fingerprint density at radius 3 is 2.71 bits per heavy atom. The van der Waals surface area contributed by atoms with E-state index in [1.807, 2.05) is 0 Å². The van der Waals surface area contributed by atoms with Gasteiger partial charge in [0.15, 0.2) is 0 Å². The molecule has 2 aromatic rings. The molecule has 0 bridgehead atoms. The summed E-state index contributed by atoms with van der Waals surface area (Å²) in [5.41, 5.74) is 0.572. The van der Waals surface area contributed by atoms with Crippen LogP contribution in [0.4, 0.5) is 8.78 Å². The van der Waals surface area contributed by atoms with Gasteiger partial charge in [0, 0.05) is 6.20 Å². The second-order valence-electron chi connectivity index (χ2n) is 3.88. The summed E-state index contributed by atoms with van der Waals surface area (Å²) in [5.74, 6) is -0.292. The summed E-state index contributed by atoms with van der Waals surface area (Å²) in [7, 11) is -3.83. The van der Waals surface area contributed by atoms with Crippen molar-refractivity contribution in [3.05, 3.63) is 41.2 Å². The zero-order valence-electron chi connectivity index (χ0n) is 10.4. The average molecular weight is 338 g/mol. The number of alkyl halides is 2. The van der Waals surface area contributed by atoms with Crippen molar-refractivity contribution in [1.29, 1.82) is 0 Å². The molecule has 0 radical (unpaired) electrons. The fourth-order valence-electron chi connectivity index (χ4n) is 1.48. The second-order valence-corrected chi connectivity index (χ2v) is 6.05. The van der Waals surface area contributed by atoms with Crippen molar-refractivity contribution in [2.75, 3.05) is 0 Å². The lowest BCUT2D eigenvalue weighted by molar-refractivity contribution is -0.0498. The molecule has 2 N–H and O–H groups in total. The summed E-state index contributed by atoms with van der Waals surface area (Å²) in [6.45, 7) is -3.03. The van der Waals surface area contributed by atoms with Crippen molar-refractivity contribution in [3.63, 3.8) is 0 Å². The first-order valence-corrected chi connectivity index (χ1v) is 7.47. The number of sulfonamides is 1. The van der Waals surface area contributed by atoms with Crippen LogP contribution in [0.15, 0.2) is 35.4 Å². The van der Waals surface area contributed by atoms with Gasteiger partial charge in [-0.05, 0) is 24.3 Å². The molecule has 0 unspecified atom stereocenters. The van der Waals surface area contributed by atoms with E-state index in [1.54, 1.807) is 6.07 Å². The maximum absolute atomic E-state index is 12.1. The molecule has 0 saturated carbocycles. The quantitative estimate of drug-likeness (QED) is 0.846. The average Bonchev–Trinajstić information content (AvgIpc) is 2.91. The van der Waals surface area contributed by atoms with Crippen LogP contribution in [0.25, 0.3) is 0 Å². The SMILES string of the molecule is O=S(=O)(NCc1ccn[nH]1)c1ccc(OC(F)F)c(Cl)c1. The zero-order valence-corrected chi connectivity index (χ0v) is 12.0. The summed E-state index contributed by atoms with van der Waals surface area (Å²) in [6, 6.07) is 4.84. The Kier molecular flexibility index (Phi) is 4.76. The Labute approximate surface area is 124 Å². The maximum atomic E-state index is 12.1. The number of aromatic nitrogens is 2. The third kappa shape index (κ3) is 4.13. The second kappa shape index (κ2) is 6.37. The molecule has 0 aliphatic rings. The van der Waals surface area contributed by atoms with Gasteiger partial charge in [-0.3, -0.25) is 5.10 Å². The molecule has 0 aliphatic heterocycles. The van der Waals surface area contributed by atoms with E-state index in [0.717, 1.165) is 18.2 Å². The number of benzene rings is 1. The molecule has 114 valence electrons. The molecule has 10 heteroatoms. The number of rotatable bonds is 6. The smallest absolute Gasteiger partial charge is 0.387 e. The Balaban J connectivity index is 2.14. The summed E-state index contributed by atoms with van der Waals surface area (Å²) in [6.07, 6.45) is 1.48. The molecule has 0 amide bonds. The topological polar surface area (TPSA) is 84.1 Å². The number of hydrogen-bond donors (Lipinski definition) is 2. The lowest BCUT2D eigenvalue weighted by Crippen LogP contribution is -2.23. The van der Waals surface area contributed by atoms with Crippen molar-refractivity contribution >= 4 is 21.6 Å². The summed E-state index contributed by atoms with van der Waals surface area (Å²) < 4.78 is 54.7. The summed E-state index contributed by atoms with van der Waals surface area (Å²) >= 11 is 5.71. The van der Waals surface area contributed by atoms with E-state index in [1.165, 1.54) is 6.20 Å². The highest BCUT2D eigenvalue weighted by molar-refractivity contribution is 7.89. The number of aromatic amines is 1. The molecular weight excluding hydrogens is 328 g/mol. The number of halogens is 3. The Bertz CT molecular complexity index is 708. The molecule has 1 aromatic carbocycles. The van der Waals surface area contributed by atoms with Gasteiger partial charge in [-0.15, -0.1) is 0 Å². The van der Waals surface area contributed by atoms with Crippen molar-refractivity contribution in [2.24, 2.45) is 0 Å².